The van der Waals surface area contributed by atoms with Crippen LogP contribution in [0.5, 0.6) is 0 Å². The zero-order chi connectivity index (χ0) is 23.3. The number of hydrogen-bond donors (Lipinski definition) is 2. The van der Waals surface area contributed by atoms with Crippen LogP contribution < -0.4 is 10.6 Å². The van der Waals surface area contributed by atoms with E-state index in [9.17, 15) is 14.4 Å². The lowest BCUT2D eigenvalue weighted by Gasteiger charge is -2.11. The predicted molar refractivity (Wildman–Crippen MR) is 120 cm³/mol. The van der Waals surface area contributed by atoms with Crippen molar-refractivity contribution < 1.29 is 19.1 Å². The molecule has 0 spiro atoms. The molecule has 0 bridgehead atoms. The van der Waals surface area contributed by atoms with E-state index in [4.69, 9.17) is 16.3 Å². The van der Waals surface area contributed by atoms with Crippen molar-refractivity contribution in [3.63, 3.8) is 0 Å². The van der Waals surface area contributed by atoms with E-state index in [0.717, 1.165) is 5.56 Å². The molecule has 0 aliphatic rings. The van der Waals surface area contributed by atoms with Gasteiger partial charge >= 0.3 is 5.97 Å². The number of ether oxygens (including phenoxy) is 1. The van der Waals surface area contributed by atoms with Gasteiger partial charge in [-0.1, -0.05) is 35.0 Å². The van der Waals surface area contributed by atoms with Gasteiger partial charge in [-0.3, -0.25) is 9.59 Å². The topological polar surface area (TPSA) is 115 Å². The minimum absolute atomic E-state index is 0.0871. The molecule has 0 saturated heterocycles. The number of halogens is 1. The summed E-state index contributed by atoms with van der Waals surface area (Å²) in [4.78, 5) is 37.3. The average molecular weight is 456 g/mol. The molecule has 0 atom stereocenters. The van der Waals surface area contributed by atoms with Crippen LogP contribution >= 0.6 is 11.6 Å². The Bertz CT molecular complexity index is 1170. The summed E-state index contributed by atoms with van der Waals surface area (Å²) in [7, 11) is 0. The van der Waals surface area contributed by atoms with Crippen LogP contribution in [-0.4, -0.2) is 39.4 Å². The Labute approximate surface area is 189 Å². The summed E-state index contributed by atoms with van der Waals surface area (Å²) in [6.45, 7) is 5.16. The summed E-state index contributed by atoms with van der Waals surface area (Å²) in [5.41, 5.74) is 2.36. The van der Waals surface area contributed by atoms with Crippen molar-refractivity contribution in [1.29, 1.82) is 0 Å². The molecule has 0 radical (unpaired) electrons. The smallest absolute Gasteiger partial charge is 0.340 e. The third-order valence-electron chi connectivity index (χ3n) is 4.70. The Morgan fingerprint density at radius 2 is 1.75 bits per heavy atom. The summed E-state index contributed by atoms with van der Waals surface area (Å²) in [6.07, 6.45) is 0. The number of anilines is 2. The third-order valence-corrected chi connectivity index (χ3v) is 5.11. The SMILES string of the molecule is CCOC(=O)c1ccccc1NC(=O)Cn1nnc(C(=O)Nc2cccc(Cl)c2C)c1C. The van der Waals surface area contributed by atoms with E-state index >= 15 is 0 Å². The molecule has 3 aromatic rings. The molecule has 0 saturated carbocycles. The fraction of sp³-hybridized carbons (Fsp3) is 0.227. The molecule has 2 aromatic carbocycles. The lowest BCUT2D eigenvalue weighted by Crippen LogP contribution is -2.22. The minimum Gasteiger partial charge on any atom is -0.462 e. The first-order valence-electron chi connectivity index (χ1n) is 9.84. The molecular weight excluding hydrogens is 434 g/mol. The van der Waals surface area contributed by atoms with Crippen LogP contribution in [-0.2, 0) is 16.1 Å². The quantitative estimate of drug-likeness (QED) is 0.526. The average Bonchev–Trinajstić information content (AvgIpc) is 3.12. The summed E-state index contributed by atoms with van der Waals surface area (Å²) < 4.78 is 6.32. The van der Waals surface area contributed by atoms with Crippen LogP contribution in [0, 0.1) is 13.8 Å². The summed E-state index contributed by atoms with van der Waals surface area (Å²) in [5, 5.41) is 13.8. The van der Waals surface area contributed by atoms with Crippen molar-refractivity contribution >= 4 is 40.8 Å². The maximum absolute atomic E-state index is 12.6. The standard InChI is InChI=1S/C22H22ClN5O4/c1-4-32-22(31)15-8-5-6-10-18(15)24-19(29)12-28-14(3)20(26-27-28)21(30)25-17-11-7-9-16(23)13(17)2/h5-11H,4,12H2,1-3H3,(H,24,29)(H,25,30). The van der Waals surface area contributed by atoms with Gasteiger partial charge in [0.05, 0.1) is 23.6 Å². The van der Waals surface area contributed by atoms with Gasteiger partial charge in [-0.2, -0.15) is 0 Å². The monoisotopic (exact) mass is 455 g/mol. The zero-order valence-electron chi connectivity index (χ0n) is 17.8. The number of aromatic nitrogens is 3. The number of hydrogen-bond acceptors (Lipinski definition) is 6. The molecule has 166 valence electrons. The van der Waals surface area contributed by atoms with Gasteiger partial charge in [-0.25, -0.2) is 9.48 Å². The van der Waals surface area contributed by atoms with E-state index in [0.29, 0.717) is 22.1 Å². The second kappa shape index (κ2) is 10.1. The second-order valence-corrected chi connectivity index (χ2v) is 7.27. The van der Waals surface area contributed by atoms with Crippen LogP contribution in [0.2, 0.25) is 5.02 Å². The third kappa shape index (κ3) is 5.12. The van der Waals surface area contributed by atoms with Gasteiger partial charge in [0, 0.05) is 10.7 Å². The highest BCUT2D eigenvalue weighted by molar-refractivity contribution is 6.31. The molecule has 0 fully saturated rings. The fourth-order valence-electron chi connectivity index (χ4n) is 2.95. The molecule has 1 heterocycles. The van der Waals surface area contributed by atoms with Crippen molar-refractivity contribution in [1.82, 2.24) is 15.0 Å². The predicted octanol–water partition coefficient (Wildman–Crippen LogP) is 3.62. The fourth-order valence-corrected chi connectivity index (χ4v) is 3.12. The molecule has 1 aromatic heterocycles. The van der Waals surface area contributed by atoms with E-state index in [1.807, 2.05) is 0 Å². The van der Waals surface area contributed by atoms with Crippen molar-refractivity contribution in [2.24, 2.45) is 0 Å². The zero-order valence-corrected chi connectivity index (χ0v) is 18.6. The summed E-state index contributed by atoms with van der Waals surface area (Å²) in [6, 6.07) is 11.7. The van der Waals surface area contributed by atoms with E-state index in [-0.39, 0.29) is 24.4 Å². The van der Waals surface area contributed by atoms with Crippen LogP contribution in [0.3, 0.4) is 0 Å². The highest BCUT2D eigenvalue weighted by atomic mass is 35.5. The van der Waals surface area contributed by atoms with Gasteiger partial charge in [-0.05, 0) is 50.6 Å². The first kappa shape index (κ1) is 23.0. The van der Waals surface area contributed by atoms with E-state index in [1.54, 1.807) is 63.2 Å². The number of carbonyl (C=O) groups excluding carboxylic acids is 3. The Morgan fingerprint density at radius 1 is 1.03 bits per heavy atom. The molecular formula is C22H22ClN5O4. The maximum atomic E-state index is 12.6. The number of nitrogens with one attached hydrogen (secondary N) is 2. The van der Waals surface area contributed by atoms with Crippen LogP contribution in [0.15, 0.2) is 42.5 Å². The number of benzene rings is 2. The van der Waals surface area contributed by atoms with Crippen molar-refractivity contribution in [3.8, 4) is 0 Å². The van der Waals surface area contributed by atoms with Gasteiger partial charge in [-0.15, -0.1) is 5.10 Å². The maximum Gasteiger partial charge on any atom is 0.340 e. The molecule has 10 heteroatoms. The Morgan fingerprint density at radius 3 is 2.50 bits per heavy atom. The van der Waals surface area contributed by atoms with Crippen molar-refractivity contribution in [3.05, 3.63) is 70.0 Å². The lowest BCUT2D eigenvalue weighted by molar-refractivity contribution is -0.117. The molecule has 0 unspecified atom stereocenters. The van der Waals surface area contributed by atoms with Crippen LogP contribution in [0.1, 0.15) is 39.0 Å². The number of esters is 1. The normalized spacial score (nSPS) is 10.5. The highest BCUT2D eigenvalue weighted by Crippen LogP contribution is 2.23. The van der Waals surface area contributed by atoms with E-state index in [1.165, 1.54) is 4.68 Å². The Balaban J connectivity index is 1.71. The van der Waals surface area contributed by atoms with Gasteiger partial charge in [0.2, 0.25) is 5.91 Å². The van der Waals surface area contributed by atoms with Crippen molar-refractivity contribution in [2.45, 2.75) is 27.3 Å². The molecule has 3 rings (SSSR count). The van der Waals surface area contributed by atoms with Gasteiger partial charge in [0.1, 0.15) is 6.54 Å². The molecule has 0 aliphatic heterocycles. The van der Waals surface area contributed by atoms with Gasteiger partial charge in [0.15, 0.2) is 5.69 Å². The molecule has 9 nitrogen and oxygen atoms in total. The number of amides is 2. The number of carbonyl (C=O) groups is 3. The Kier molecular flexibility index (Phi) is 7.21. The Hall–Kier alpha value is -3.72. The minimum atomic E-state index is -0.532. The largest absolute Gasteiger partial charge is 0.462 e. The van der Waals surface area contributed by atoms with Crippen LogP contribution in [0.25, 0.3) is 0 Å². The summed E-state index contributed by atoms with van der Waals surface area (Å²) in [5.74, 6) is -1.44. The highest BCUT2D eigenvalue weighted by Gasteiger charge is 2.20. The number of nitrogens with zero attached hydrogens (tertiary/aromatic N) is 3. The van der Waals surface area contributed by atoms with E-state index < -0.39 is 17.8 Å². The first-order valence-corrected chi connectivity index (χ1v) is 10.2. The van der Waals surface area contributed by atoms with Crippen molar-refractivity contribution in [2.75, 3.05) is 17.2 Å². The molecule has 2 amide bonds. The first-order chi connectivity index (χ1) is 15.3. The van der Waals surface area contributed by atoms with E-state index in [2.05, 4.69) is 20.9 Å². The molecule has 0 aliphatic carbocycles. The van der Waals surface area contributed by atoms with Crippen LogP contribution in [0.4, 0.5) is 11.4 Å². The molecule has 32 heavy (non-hydrogen) atoms. The number of rotatable bonds is 7. The summed E-state index contributed by atoms with van der Waals surface area (Å²) >= 11 is 6.09. The number of para-hydroxylation sites is 1. The second-order valence-electron chi connectivity index (χ2n) is 6.86. The van der Waals surface area contributed by atoms with Gasteiger partial charge in [0.25, 0.3) is 5.91 Å². The molecule has 2 N–H and O–H groups in total. The van der Waals surface area contributed by atoms with Gasteiger partial charge < -0.3 is 15.4 Å². The lowest BCUT2D eigenvalue weighted by atomic mass is 10.2.